The molecule has 0 radical (unpaired) electrons. The molecule has 0 amide bonds. The molecule has 0 heterocycles. The van der Waals surface area contributed by atoms with Gasteiger partial charge in [-0.2, -0.15) is 0 Å². The zero-order valence-electron chi connectivity index (χ0n) is 10.9. The summed E-state index contributed by atoms with van der Waals surface area (Å²) in [6, 6.07) is 11.9. The molecule has 2 aromatic carbocycles. The molecule has 0 unspecified atom stereocenters. The minimum atomic E-state index is 0.660. The van der Waals surface area contributed by atoms with Crippen molar-refractivity contribution >= 4 is 49.1 Å². The molecule has 5 heteroatoms. The molecule has 1 N–H and O–H groups in total. The molecular weight excluding hydrogens is 405 g/mol. The van der Waals surface area contributed by atoms with Crippen molar-refractivity contribution in [3.8, 4) is 5.75 Å². The number of anilines is 1. The quantitative estimate of drug-likeness (QED) is 0.654. The van der Waals surface area contributed by atoms with E-state index in [9.17, 15) is 0 Å². The van der Waals surface area contributed by atoms with Crippen molar-refractivity contribution in [2.24, 2.45) is 0 Å². The van der Waals surface area contributed by atoms with Gasteiger partial charge in [-0.15, -0.1) is 0 Å². The Kier molecular flexibility index (Phi) is 5.75. The predicted octanol–water partition coefficient (Wildman–Crippen LogP) is 5.88. The first kappa shape index (κ1) is 15.7. The Hall–Kier alpha value is -0.710. The lowest BCUT2D eigenvalue weighted by Gasteiger charge is -2.10. The fourth-order valence-electron chi connectivity index (χ4n) is 1.74. The molecule has 0 bridgehead atoms. The Balaban J connectivity index is 2.03. The number of benzene rings is 2. The van der Waals surface area contributed by atoms with E-state index in [1.807, 2.05) is 37.3 Å². The molecule has 0 spiro atoms. The molecule has 0 saturated heterocycles. The molecule has 0 saturated carbocycles. The van der Waals surface area contributed by atoms with Crippen LogP contribution in [0.2, 0.25) is 5.02 Å². The lowest BCUT2D eigenvalue weighted by atomic mass is 10.2. The average Bonchev–Trinajstić information content (AvgIpc) is 2.43. The topological polar surface area (TPSA) is 21.3 Å². The fraction of sp³-hybridized carbons (Fsp3) is 0.200. The summed E-state index contributed by atoms with van der Waals surface area (Å²) in [6.45, 7) is 3.36. The summed E-state index contributed by atoms with van der Waals surface area (Å²) < 4.78 is 7.36. The molecule has 0 atom stereocenters. The van der Waals surface area contributed by atoms with Crippen LogP contribution in [-0.4, -0.2) is 6.61 Å². The third-order valence-electron chi connectivity index (χ3n) is 2.71. The van der Waals surface area contributed by atoms with Gasteiger partial charge >= 0.3 is 0 Å². The minimum Gasteiger partial charge on any atom is -0.493 e. The number of hydrogen-bond acceptors (Lipinski definition) is 2. The van der Waals surface area contributed by atoms with Crippen molar-refractivity contribution < 1.29 is 4.74 Å². The molecule has 0 aliphatic rings. The SMILES string of the molecule is CCOc1ccc(CNc2ccc(Br)c(Cl)c2)cc1Br. The Morgan fingerprint density at radius 1 is 1.10 bits per heavy atom. The maximum atomic E-state index is 6.07. The van der Waals surface area contributed by atoms with Crippen LogP contribution in [0.5, 0.6) is 5.75 Å². The number of nitrogens with one attached hydrogen (secondary N) is 1. The molecule has 106 valence electrons. The van der Waals surface area contributed by atoms with Gasteiger partial charge in [0.25, 0.3) is 0 Å². The van der Waals surface area contributed by atoms with E-state index in [-0.39, 0.29) is 0 Å². The molecule has 0 aromatic heterocycles. The van der Waals surface area contributed by atoms with Crippen LogP contribution in [0, 0.1) is 0 Å². The Morgan fingerprint density at radius 2 is 1.90 bits per heavy atom. The lowest BCUT2D eigenvalue weighted by Crippen LogP contribution is -2.00. The van der Waals surface area contributed by atoms with Gasteiger partial charge in [0.05, 0.1) is 16.1 Å². The Morgan fingerprint density at radius 3 is 2.55 bits per heavy atom. The minimum absolute atomic E-state index is 0.660. The maximum Gasteiger partial charge on any atom is 0.133 e. The highest BCUT2D eigenvalue weighted by Gasteiger charge is 2.03. The van der Waals surface area contributed by atoms with Crippen LogP contribution >= 0.6 is 43.5 Å². The van der Waals surface area contributed by atoms with E-state index in [4.69, 9.17) is 16.3 Å². The largest absolute Gasteiger partial charge is 0.493 e. The molecule has 0 aliphatic heterocycles. The standard InChI is InChI=1S/C15H14Br2ClNO/c1-2-20-15-6-3-10(7-13(15)17)9-19-11-4-5-12(16)14(18)8-11/h3-8,19H,2,9H2,1H3. The van der Waals surface area contributed by atoms with Crippen molar-refractivity contribution in [3.05, 3.63) is 55.9 Å². The summed E-state index contributed by atoms with van der Waals surface area (Å²) in [7, 11) is 0. The average molecular weight is 420 g/mol. The molecule has 2 aromatic rings. The van der Waals surface area contributed by atoms with Crippen molar-refractivity contribution in [2.45, 2.75) is 13.5 Å². The van der Waals surface area contributed by atoms with Gasteiger partial charge in [-0.05, 0) is 74.7 Å². The molecule has 20 heavy (non-hydrogen) atoms. The summed E-state index contributed by atoms with van der Waals surface area (Å²) in [4.78, 5) is 0. The summed E-state index contributed by atoms with van der Waals surface area (Å²) in [5, 5.41) is 4.04. The van der Waals surface area contributed by atoms with Gasteiger partial charge in [0.15, 0.2) is 0 Å². The number of halogens is 3. The van der Waals surface area contributed by atoms with Gasteiger partial charge in [-0.1, -0.05) is 17.7 Å². The van der Waals surface area contributed by atoms with Crippen LogP contribution in [0.4, 0.5) is 5.69 Å². The summed E-state index contributed by atoms with van der Waals surface area (Å²) in [5.41, 5.74) is 2.16. The second-order valence-electron chi connectivity index (χ2n) is 4.18. The normalized spacial score (nSPS) is 10.4. The van der Waals surface area contributed by atoms with Crippen LogP contribution in [0.15, 0.2) is 45.3 Å². The zero-order valence-corrected chi connectivity index (χ0v) is 14.8. The highest BCUT2D eigenvalue weighted by Crippen LogP contribution is 2.28. The molecule has 2 rings (SSSR count). The first-order chi connectivity index (χ1) is 9.60. The Bertz CT molecular complexity index is 604. The van der Waals surface area contributed by atoms with Gasteiger partial charge in [0, 0.05) is 16.7 Å². The van der Waals surface area contributed by atoms with Crippen LogP contribution in [0.25, 0.3) is 0 Å². The van der Waals surface area contributed by atoms with Crippen molar-refractivity contribution in [1.29, 1.82) is 0 Å². The fourth-order valence-corrected chi connectivity index (χ4v) is 2.70. The number of hydrogen-bond donors (Lipinski definition) is 1. The van der Waals surface area contributed by atoms with Crippen LogP contribution in [0.3, 0.4) is 0 Å². The lowest BCUT2D eigenvalue weighted by molar-refractivity contribution is 0.338. The third kappa shape index (κ3) is 4.14. The van der Waals surface area contributed by atoms with Gasteiger partial charge in [-0.25, -0.2) is 0 Å². The molecule has 2 nitrogen and oxygen atoms in total. The van der Waals surface area contributed by atoms with Gasteiger partial charge in [-0.3, -0.25) is 0 Å². The first-order valence-corrected chi connectivity index (χ1v) is 8.16. The molecule has 0 aliphatic carbocycles. The van der Waals surface area contributed by atoms with E-state index in [0.717, 1.165) is 26.9 Å². The van der Waals surface area contributed by atoms with Crippen molar-refractivity contribution in [2.75, 3.05) is 11.9 Å². The number of rotatable bonds is 5. The molecule has 0 fully saturated rings. The Labute approximate surface area is 140 Å². The van der Waals surface area contributed by atoms with Crippen LogP contribution in [0.1, 0.15) is 12.5 Å². The van der Waals surface area contributed by atoms with E-state index < -0.39 is 0 Å². The summed E-state index contributed by atoms with van der Waals surface area (Å²) in [5.74, 6) is 0.864. The van der Waals surface area contributed by atoms with Crippen molar-refractivity contribution in [1.82, 2.24) is 0 Å². The van der Waals surface area contributed by atoms with E-state index in [2.05, 4.69) is 43.2 Å². The van der Waals surface area contributed by atoms with Gasteiger partial charge in [0.1, 0.15) is 5.75 Å². The summed E-state index contributed by atoms with van der Waals surface area (Å²) >= 11 is 13.0. The van der Waals surface area contributed by atoms with E-state index in [0.29, 0.717) is 11.6 Å². The zero-order chi connectivity index (χ0) is 14.5. The van der Waals surface area contributed by atoms with E-state index in [1.165, 1.54) is 5.56 Å². The van der Waals surface area contributed by atoms with Crippen LogP contribution < -0.4 is 10.1 Å². The second-order valence-corrected chi connectivity index (χ2v) is 6.30. The third-order valence-corrected chi connectivity index (χ3v) is 4.56. The predicted molar refractivity (Wildman–Crippen MR) is 91.8 cm³/mol. The van der Waals surface area contributed by atoms with E-state index >= 15 is 0 Å². The van der Waals surface area contributed by atoms with E-state index in [1.54, 1.807) is 0 Å². The van der Waals surface area contributed by atoms with Gasteiger partial charge < -0.3 is 10.1 Å². The summed E-state index contributed by atoms with van der Waals surface area (Å²) in [6.07, 6.45) is 0. The van der Waals surface area contributed by atoms with Crippen molar-refractivity contribution in [3.63, 3.8) is 0 Å². The first-order valence-electron chi connectivity index (χ1n) is 6.20. The molecular formula is C15H14Br2ClNO. The number of ether oxygens (including phenoxy) is 1. The maximum absolute atomic E-state index is 6.07. The second kappa shape index (κ2) is 7.34. The highest BCUT2D eigenvalue weighted by molar-refractivity contribution is 9.10. The monoisotopic (exact) mass is 417 g/mol. The van der Waals surface area contributed by atoms with Crippen LogP contribution in [-0.2, 0) is 6.54 Å². The smallest absolute Gasteiger partial charge is 0.133 e. The van der Waals surface area contributed by atoms with Gasteiger partial charge in [0.2, 0.25) is 0 Å². The highest BCUT2D eigenvalue weighted by atomic mass is 79.9.